The zero-order valence-corrected chi connectivity index (χ0v) is 73.0. The molecule has 0 spiro atoms. The number of aromatic amines is 2. The molecule has 0 unspecified atom stereocenters. The van der Waals surface area contributed by atoms with Gasteiger partial charge in [-0.1, -0.05) is 96.5 Å². The third-order valence-corrected chi connectivity index (χ3v) is 21.3. The molecule has 7 rings (SSSR count). The summed E-state index contributed by atoms with van der Waals surface area (Å²) in [5.41, 5.74) is 12.8. The largest absolute Gasteiger partial charge is 0.508 e. The van der Waals surface area contributed by atoms with Crippen molar-refractivity contribution in [3.8, 4) is 23.0 Å². The fourth-order valence-electron chi connectivity index (χ4n) is 13.3. The lowest BCUT2D eigenvalue weighted by atomic mass is 9.95. The Labute approximate surface area is 747 Å². The zero-order valence-electron chi connectivity index (χ0n) is 72.1. The van der Waals surface area contributed by atoms with Crippen molar-refractivity contribution in [3.63, 3.8) is 0 Å². The average Bonchev–Trinajstić information content (AvgIpc) is 1.69. The van der Waals surface area contributed by atoms with Crippen molar-refractivity contribution < 1.29 is 97.1 Å². The van der Waals surface area contributed by atoms with E-state index in [9.17, 15) is 73.2 Å². The molecule has 6 aromatic rings. The summed E-state index contributed by atoms with van der Waals surface area (Å²) >= 11 is 0.758. The molecular formula is C85H115N23O20S. The van der Waals surface area contributed by atoms with E-state index in [1.165, 1.54) is 122 Å². The molecule has 0 saturated carbocycles. The van der Waals surface area contributed by atoms with Crippen LogP contribution in [0.2, 0.25) is 0 Å². The Hall–Kier alpha value is -14.4. The molecule has 129 heavy (non-hydrogen) atoms. The van der Waals surface area contributed by atoms with E-state index in [2.05, 4.69) is 105 Å². The summed E-state index contributed by atoms with van der Waals surface area (Å²) in [6.45, 7) is 7.22. The molecule has 1 aliphatic rings. The number of thioether (sulfide) groups is 1. The van der Waals surface area contributed by atoms with Crippen LogP contribution in [-0.2, 0) is 115 Å². The van der Waals surface area contributed by atoms with Gasteiger partial charge >= 0.3 is 0 Å². The van der Waals surface area contributed by atoms with E-state index in [1.54, 1.807) is 41.5 Å². The number of phenols is 4. The smallest absolute Gasteiger partial charge is 0.243 e. The molecule has 16 amide bonds. The highest BCUT2D eigenvalue weighted by atomic mass is 32.2. The Morgan fingerprint density at radius 3 is 1.18 bits per heavy atom. The van der Waals surface area contributed by atoms with Gasteiger partial charge in [0.05, 0.1) is 56.0 Å². The standard InChI is InChI=1S/C85H115N23O20S/c1-7-47(6)73-84(128)107-60(28-46(4)5)78(122)102-61(29-48-10-18-54(109)19-11-48)75(119)94-38-69(114)92-39-70(115)98-59(27-45(2)3)74(118)95-40-71(116)100-67(76(120)93-37-68(86)113)41-129-42-72(117)99-62(30-49-12-20-55(110)21-13-49)79(123)105-66(34-53-36-90-44-97-53)83(127)106-65(33-52-35-89-43-96-52)82(126)104-64(32-51-16-24-57(112)25-17-51)81(125)103-63(31-50-14-22-56(111)23-15-50)80(124)101-58(77(121)108-73)9-8-26-91-85(87)88/h10-25,35-36,43-47,58-67,73,109-112H,7-9,26-34,37-42H2,1-6H3,(H2,86,113)(H,89,96)(H,90,97)(H,92,114)(H,93,120)(H,94,119)(H,95,118)(H,98,115)(H,99,117)(H,100,116)(H,101,124)(H,102,122)(H,103,125)(H,104,126)(H,105,123)(H,106,127)(H,107,128)(H,108,121)(H4,87,88,91)/t47-,58-,59-,60-,61-,62-,63-,64-,65-,66-,67-,73-/m0/s1. The molecule has 12 atom stereocenters. The molecule has 2 aromatic heterocycles. The van der Waals surface area contributed by atoms with Gasteiger partial charge in [-0.15, -0.1) is 11.8 Å². The molecule has 696 valence electrons. The second-order valence-electron chi connectivity index (χ2n) is 31.8. The van der Waals surface area contributed by atoms with Crippen LogP contribution >= 0.6 is 11.8 Å². The highest BCUT2D eigenvalue weighted by Gasteiger charge is 2.39. The molecule has 0 radical (unpaired) electrons. The summed E-state index contributed by atoms with van der Waals surface area (Å²) in [5.74, 6) is -18.6. The van der Waals surface area contributed by atoms with Gasteiger partial charge in [0.1, 0.15) is 89.5 Å². The zero-order chi connectivity index (χ0) is 94.4. The number of aromatic nitrogens is 4. The number of guanidine groups is 1. The molecule has 1 saturated heterocycles. The predicted octanol–water partition coefficient (Wildman–Crippen LogP) is -3.86. The van der Waals surface area contributed by atoms with Crippen LogP contribution in [0.5, 0.6) is 23.0 Å². The van der Waals surface area contributed by atoms with Gasteiger partial charge in [0, 0.05) is 63.2 Å². The molecule has 43 nitrogen and oxygen atoms in total. The summed E-state index contributed by atoms with van der Waals surface area (Å²) in [4.78, 5) is 244. The van der Waals surface area contributed by atoms with E-state index in [0.29, 0.717) is 22.3 Å². The van der Waals surface area contributed by atoms with Gasteiger partial charge in [-0.3, -0.25) is 82.1 Å². The monoisotopic (exact) mass is 1810 g/mol. The van der Waals surface area contributed by atoms with Crippen molar-refractivity contribution in [3.05, 3.63) is 156 Å². The Kier molecular flexibility index (Phi) is 40.5. The number of nitrogens with one attached hydrogen (secondary N) is 19. The Bertz CT molecular complexity index is 4820. The molecule has 44 heteroatoms. The van der Waals surface area contributed by atoms with E-state index in [0.717, 1.165) is 11.8 Å². The fraction of sp³-hybridized carbons (Fsp3) is 0.447. The maximum absolute atomic E-state index is 15.4. The van der Waals surface area contributed by atoms with Crippen molar-refractivity contribution in [2.75, 3.05) is 44.2 Å². The number of nitrogens with zero attached hydrogens (tertiary/aromatic N) is 2. The van der Waals surface area contributed by atoms with E-state index in [-0.39, 0.29) is 117 Å². The molecule has 0 bridgehead atoms. The van der Waals surface area contributed by atoms with E-state index in [4.69, 9.17) is 16.9 Å². The Morgan fingerprint density at radius 1 is 0.426 bits per heavy atom. The highest BCUT2D eigenvalue weighted by molar-refractivity contribution is 8.00. The first kappa shape index (κ1) is 102. The van der Waals surface area contributed by atoms with Gasteiger partial charge in [-0.05, 0) is 114 Å². The summed E-state index contributed by atoms with van der Waals surface area (Å²) in [6.07, 6.45) is 3.26. The van der Waals surface area contributed by atoms with Crippen molar-refractivity contribution in [1.29, 1.82) is 5.41 Å². The number of H-pyrrole nitrogens is 2. The number of hydrogen-bond acceptors (Lipinski definition) is 24. The van der Waals surface area contributed by atoms with Crippen molar-refractivity contribution in [2.24, 2.45) is 29.2 Å². The fourth-order valence-corrected chi connectivity index (χ4v) is 14.2. The Morgan fingerprint density at radius 2 is 0.775 bits per heavy atom. The lowest BCUT2D eigenvalue weighted by Crippen LogP contribution is -2.62. The van der Waals surface area contributed by atoms with Crippen molar-refractivity contribution in [2.45, 2.75) is 179 Å². The number of rotatable bonds is 25. The number of primary amides is 1. The van der Waals surface area contributed by atoms with Gasteiger partial charge in [0.25, 0.3) is 0 Å². The average molecular weight is 1810 g/mol. The molecule has 1 aliphatic heterocycles. The summed E-state index contributed by atoms with van der Waals surface area (Å²) in [5, 5.41) is 90.4. The van der Waals surface area contributed by atoms with Gasteiger partial charge in [-0.2, -0.15) is 0 Å². The van der Waals surface area contributed by atoms with Crippen LogP contribution in [0.15, 0.2) is 122 Å². The third-order valence-electron chi connectivity index (χ3n) is 20.3. The van der Waals surface area contributed by atoms with Crippen LogP contribution in [0.3, 0.4) is 0 Å². The molecule has 1 fully saturated rings. The van der Waals surface area contributed by atoms with Gasteiger partial charge < -0.3 is 127 Å². The molecule has 27 N–H and O–H groups in total. The minimum absolute atomic E-state index is 0.0123. The number of amides is 16. The highest BCUT2D eigenvalue weighted by Crippen LogP contribution is 2.20. The normalized spacial score (nSPS) is 21.9. The molecule has 3 heterocycles. The number of imidazole rings is 2. The number of benzene rings is 4. The topological polar surface area (TPSA) is 680 Å². The number of phenolic OH excluding ortho intramolecular Hbond substituents is 4. The van der Waals surface area contributed by atoms with Crippen LogP contribution in [0, 0.1) is 23.2 Å². The van der Waals surface area contributed by atoms with E-state index in [1.807, 2.05) is 0 Å². The first-order valence-corrected chi connectivity index (χ1v) is 42.9. The van der Waals surface area contributed by atoms with Gasteiger partial charge in [0.15, 0.2) is 5.96 Å². The first-order chi connectivity index (χ1) is 61.4. The maximum Gasteiger partial charge on any atom is 0.243 e. The summed E-state index contributed by atoms with van der Waals surface area (Å²) in [6, 6.07) is 4.97. The van der Waals surface area contributed by atoms with Gasteiger partial charge in [-0.25, -0.2) is 9.97 Å². The Balaban J connectivity index is 1.29. The number of carbonyl (C=O) groups is 16. The van der Waals surface area contributed by atoms with E-state index < -0.39 is 217 Å². The van der Waals surface area contributed by atoms with Crippen LogP contribution in [0.25, 0.3) is 0 Å². The number of nitrogens with two attached hydrogens (primary N) is 2. The lowest BCUT2D eigenvalue weighted by molar-refractivity contribution is -0.136. The van der Waals surface area contributed by atoms with Crippen LogP contribution < -0.4 is 96.5 Å². The quantitative estimate of drug-likeness (QED) is 0.0148. The number of carbonyl (C=O) groups excluding carboxylic acids is 16. The maximum atomic E-state index is 15.4. The minimum Gasteiger partial charge on any atom is -0.508 e. The third kappa shape index (κ3) is 35.9. The summed E-state index contributed by atoms with van der Waals surface area (Å²) < 4.78 is 0. The molecule has 4 aromatic carbocycles. The van der Waals surface area contributed by atoms with Crippen LogP contribution in [0.4, 0.5) is 0 Å². The number of hydrogen-bond donors (Lipinski definition) is 25. The minimum atomic E-state index is -1.70. The predicted molar refractivity (Wildman–Crippen MR) is 469 cm³/mol. The summed E-state index contributed by atoms with van der Waals surface area (Å²) in [7, 11) is 0. The van der Waals surface area contributed by atoms with Gasteiger partial charge in [0.2, 0.25) is 94.5 Å². The van der Waals surface area contributed by atoms with E-state index >= 15 is 24.0 Å². The van der Waals surface area contributed by atoms with Crippen LogP contribution in [-0.4, -0.2) is 252 Å². The van der Waals surface area contributed by atoms with Crippen molar-refractivity contribution >= 4 is 112 Å². The molecular weight excluding hydrogens is 1700 g/mol. The lowest BCUT2D eigenvalue weighted by Gasteiger charge is -2.30. The molecule has 0 aliphatic carbocycles. The SMILES string of the molecule is CC[C@H](C)[C@@H]1NC(=O)[C@H](CCCNC(=N)N)NC(=O)[C@H](Cc2ccc(O)cc2)NC(=O)[C@H](Cc2ccc(O)cc2)NC(=O)[C@H](Cc2c[nH]cn2)NC(=O)[C@H](Cc2c[nH]cn2)NC(=O)[C@H](Cc2ccc(O)cc2)NC(=O)CSC[C@@H](C(=O)NCC(N)=O)NC(=O)CNC(=O)[C@H](CC(C)C)NC(=O)CNC(=O)CNC(=O)[C@H](Cc2ccc(O)cc2)NC(=O)[C@H](CC(C)C)NC1=O. The van der Waals surface area contributed by atoms with Crippen molar-refractivity contribution in [1.82, 2.24) is 105 Å². The number of aromatic hydroxyl groups is 4. The second kappa shape index (κ2) is 51.3. The first-order valence-electron chi connectivity index (χ1n) is 41.8. The van der Waals surface area contributed by atoms with Crippen LogP contribution in [0.1, 0.15) is 107 Å². The second-order valence-corrected chi connectivity index (χ2v) is 32.9.